The van der Waals surface area contributed by atoms with Gasteiger partial charge in [-0.15, -0.1) is 0 Å². The summed E-state index contributed by atoms with van der Waals surface area (Å²) in [6.45, 7) is 4.23. The van der Waals surface area contributed by atoms with Crippen molar-refractivity contribution in [2.75, 3.05) is 41.3 Å². The molecule has 0 fully saturated rings. The maximum Gasteiger partial charge on any atom is 0.303 e. The van der Waals surface area contributed by atoms with Crippen molar-refractivity contribution in [3.8, 4) is 0 Å². The Labute approximate surface area is 93.9 Å². The Bertz CT molecular complexity index is 140. The van der Waals surface area contributed by atoms with Gasteiger partial charge in [0.25, 0.3) is 0 Å². The van der Waals surface area contributed by atoms with Gasteiger partial charge in [0.2, 0.25) is 0 Å². The molecular formula is C11H26N2O2. The number of rotatable bonds is 6. The Morgan fingerprint density at radius 3 is 1.60 bits per heavy atom. The van der Waals surface area contributed by atoms with Crippen LogP contribution >= 0.6 is 0 Å². The summed E-state index contributed by atoms with van der Waals surface area (Å²) in [5.41, 5.74) is 0. The predicted molar refractivity (Wildman–Crippen MR) is 64.3 cm³/mol. The maximum absolute atomic E-state index is 9.60. The van der Waals surface area contributed by atoms with Gasteiger partial charge in [-0.05, 0) is 54.1 Å². The van der Waals surface area contributed by atoms with Gasteiger partial charge in [0.15, 0.2) is 0 Å². The van der Waals surface area contributed by atoms with Gasteiger partial charge in [-0.3, -0.25) is 4.79 Å². The zero-order valence-corrected chi connectivity index (χ0v) is 10.8. The van der Waals surface area contributed by atoms with Crippen LogP contribution in [0.25, 0.3) is 0 Å². The average molecular weight is 218 g/mol. The molecule has 92 valence electrons. The molecule has 0 bridgehead atoms. The van der Waals surface area contributed by atoms with Gasteiger partial charge in [0.05, 0.1) is 0 Å². The van der Waals surface area contributed by atoms with E-state index in [0.717, 1.165) is 6.42 Å². The summed E-state index contributed by atoms with van der Waals surface area (Å²) in [6.07, 6.45) is 2.29. The highest BCUT2D eigenvalue weighted by Crippen LogP contribution is 1.84. The van der Waals surface area contributed by atoms with Crippen molar-refractivity contribution in [1.29, 1.82) is 0 Å². The van der Waals surface area contributed by atoms with Crippen molar-refractivity contribution < 1.29 is 9.90 Å². The van der Waals surface area contributed by atoms with Crippen LogP contribution in [0, 0.1) is 0 Å². The van der Waals surface area contributed by atoms with Crippen LogP contribution in [0.4, 0.5) is 0 Å². The van der Waals surface area contributed by atoms with Crippen LogP contribution in [0.15, 0.2) is 0 Å². The summed E-state index contributed by atoms with van der Waals surface area (Å²) in [4.78, 5) is 14.0. The first-order valence-electron chi connectivity index (χ1n) is 5.41. The zero-order valence-electron chi connectivity index (χ0n) is 10.8. The first kappa shape index (κ1) is 16.8. The molecule has 4 nitrogen and oxygen atoms in total. The minimum atomic E-state index is -0.711. The molecule has 1 N–H and O–H groups in total. The van der Waals surface area contributed by atoms with Crippen molar-refractivity contribution in [3.05, 3.63) is 0 Å². The molecule has 0 aromatic heterocycles. The molecule has 0 atom stereocenters. The van der Waals surface area contributed by atoms with Crippen LogP contribution in [0.1, 0.15) is 26.2 Å². The number of carboxylic acids is 1. The predicted octanol–water partition coefficient (Wildman–Crippen LogP) is 1.37. The summed E-state index contributed by atoms with van der Waals surface area (Å²) in [7, 11) is 8.43. The third-order valence-electron chi connectivity index (χ3n) is 1.67. The number of carboxylic acid groups (broad SMARTS) is 1. The van der Waals surface area contributed by atoms with E-state index in [0.29, 0.717) is 6.42 Å². The number of carbonyl (C=O) groups is 1. The fraction of sp³-hybridized carbons (Fsp3) is 0.909. The zero-order chi connectivity index (χ0) is 12.3. The molecule has 0 saturated carbocycles. The number of hydrogen-bond acceptors (Lipinski definition) is 3. The molecule has 0 aliphatic rings. The van der Waals surface area contributed by atoms with Crippen LogP contribution in [0.5, 0.6) is 0 Å². The highest BCUT2D eigenvalue weighted by Gasteiger charge is 1.90. The summed E-state index contributed by atoms with van der Waals surface area (Å²) >= 11 is 0. The van der Waals surface area contributed by atoms with Gasteiger partial charge < -0.3 is 14.9 Å². The first-order valence-corrected chi connectivity index (χ1v) is 5.41. The molecule has 0 aliphatic heterocycles. The summed E-state index contributed by atoms with van der Waals surface area (Å²) in [5.74, 6) is -0.711. The Morgan fingerprint density at radius 1 is 1.07 bits per heavy atom. The molecule has 0 aromatic rings. The van der Waals surface area contributed by atoms with Crippen LogP contribution in [-0.2, 0) is 4.79 Å². The third-order valence-corrected chi connectivity index (χ3v) is 1.67. The molecule has 0 rings (SSSR count). The van der Waals surface area contributed by atoms with Crippen LogP contribution in [0.2, 0.25) is 0 Å². The smallest absolute Gasteiger partial charge is 0.303 e. The Hall–Kier alpha value is -0.610. The maximum atomic E-state index is 9.60. The monoisotopic (exact) mass is 218 g/mol. The summed E-state index contributed by atoms with van der Waals surface area (Å²) in [6, 6.07) is 0. The molecule has 0 unspecified atom stereocenters. The second-order valence-electron chi connectivity index (χ2n) is 4.10. The fourth-order valence-electron chi connectivity index (χ4n) is 0.917. The molecular weight excluding hydrogens is 192 g/mol. The van der Waals surface area contributed by atoms with Gasteiger partial charge in [-0.2, -0.15) is 0 Å². The molecule has 0 heterocycles. The van der Waals surface area contributed by atoms with Crippen molar-refractivity contribution >= 4 is 5.97 Å². The number of aliphatic carboxylic acids is 1. The molecule has 0 radical (unpaired) electrons. The van der Waals surface area contributed by atoms with E-state index in [1.807, 2.05) is 6.92 Å². The molecule has 0 saturated heterocycles. The van der Waals surface area contributed by atoms with Gasteiger partial charge >= 0.3 is 5.97 Å². The highest BCUT2D eigenvalue weighted by atomic mass is 16.4. The lowest BCUT2D eigenvalue weighted by atomic mass is 10.4. The fourth-order valence-corrected chi connectivity index (χ4v) is 0.917. The Morgan fingerprint density at radius 2 is 1.47 bits per heavy atom. The van der Waals surface area contributed by atoms with Crippen molar-refractivity contribution in [3.63, 3.8) is 0 Å². The lowest BCUT2D eigenvalue weighted by Gasteiger charge is -2.12. The van der Waals surface area contributed by atoms with E-state index in [1.54, 1.807) is 0 Å². The van der Waals surface area contributed by atoms with Gasteiger partial charge in [-0.25, -0.2) is 0 Å². The Balaban J connectivity index is 0. The van der Waals surface area contributed by atoms with Gasteiger partial charge in [0.1, 0.15) is 0 Å². The normalized spacial score (nSPS) is 10.1. The van der Waals surface area contributed by atoms with E-state index in [-0.39, 0.29) is 0 Å². The van der Waals surface area contributed by atoms with E-state index in [1.165, 1.54) is 19.5 Å². The van der Waals surface area contributed by atoms with Crippen LogP contribution in [-0.4, -0.2) is 62.2 Å². The topological polar surface area (TPSA) is 43.8 Å². The van der Waals surface area contributed by atoms with E-state index in [2.05, 4.69) is 38.0 Å². The van der Waals surface area contributed by atoms with Crippen molar-refractivity contribution in [2.24, 2.45) is 0 Å². The standard InChI is InChI=1S/C7H18N2.C4H8O2/c1-8(2)6-5-7-9(3)4;1-2-3-4(5)6/h5-7H2,1-4H3;2-3H2,1H3,(H,5,6). The molecule has 0 amide bonds. The van der Waals surface area contributed by atoms with E-state index >= 15 is 0 Å². The molecule has 0 spiro atoms. The Kier molecular flexibility index (Phi) is 12.8. The van der Waals surface area contributed by atoms with Gasteiger partial charge in [0, 0.05) is 6.42 Å². The van der Waals surface area contributed by atoms with Crippen molar-refractivity contribution in [2.45, 2.75) is 26.2 Å². The summed E-state index contributed by atoms with van der Waals surface area (Å²) < 4.78 is 0. The molecule has 15 heavy (non-hydrogen) atoms. The average Bonchev–Trinajstić information content (AvgIpc) is 2.03. The number of nitrogens with zero attached hydrogens (tertiary/aromatic N) is 2. The molecule has 4 heteroatoms. The second-order valence-corrected chi connectivity index (χ2v) is 4.10. The van der Waals surface area contributed by atoms with E-state index in [4.69, 9.17) is 5.11 Å². The van der Waals surface area contributed by atoms with Crippen LogP contribution < -0.4 is 0 Å². The number of hydrogen-bond donors (Lipinski definition) is 1. The quantitative estimate of drug-likeness (QED) is 0.731. The highest BCUT2D eigenvalue weighted by molar-refractivity contribution is 5.66. The van der Waals surface area contributed by atoms with E-state index in [9.17, 15) is 4.79 Å². The second kappa shape index (κ2) is 11.5. The van der Waals surface area contributed by atoms with E-state index < -0.39 is 5.97 Å². The van der Waals surface area contributed by atoms with Gasteiger partial charge in [-0.1, -0.05) is 6.92 Å². The third kappa shape index (κ3) is 24.7. The largest absolute Gasteiger partial charge is 0.481 e. The lowest BCUT2D eigenvalue weighted by molar-refractivity contribution is -0.137. The molecule has 0 aliphatic carbocycles. The first-order chi connectivity index (χ1) is 6.90. The summed E-state index contributed by atoms with van der Waals surface area (Å²) in [5, 5.41) is 7.91. The van der Waals surface area contributed by atoms with Crippen molar-refractivity contribution in [1.82, 2.24) is 9.80 Å². The molecule has 0 aromatic carbocycles. The van der Waals surface area contributed by atoms with Crippen LogP contribution in [0.3, 0.4) is 0 Å². The SMILES string of the molecule is CCCC(=O)O.CN(C)CCCN(C)C. The minimum absolute atomic E-state index is 0.292. The minimum Gasteiger partial charge on any atom is -0.481 e. The lowest BCUT2D eigenvalue weighted by Crippen LogP contribution is -2.20.